The third kappa shape index (κ3) is 5.41. The van der Waals surface area contributed by atoms with Crippen LogP contribution in [0.3, 0.4) is 0 Å². The van der Waals surface area contributed by atoms with E-state index in [1.165, 1.54) is 0 Å². The summed E-state index contributed by atoms with van der Waals surface area (Å²) in [5, 5.41) is 0. The van der Waals surface area contributed by atoms with Gasteiger partial charge in [0.15, 0.2) is 0 Å². The molecule has 0 bridgehead atoms. The van der Waals surface area contributed by atoms with Crippen LogP contribution in [0.2, 0.25) is 0 Å². The third-order valence-corrected chi connectivity index (χ3v) is 0.722. The molecule has 0 N–H and O–H groups in total. The average molecular weight is 111 g/mol. The fraction of sp³-hybridized carbons (Fsp3) is 0.571. The van der Waals surface area contributed by atoms with Crippen molar-refractivity contribution >= 4 is 6.29 Å². The van der Waals surface area contributed by atoms with Crippen LogP contribution in [0.15, 0.2) is 12.2 Å². The van der Waals surface area contributed by atoms with Crippen molar-refractivity contribution in [3.8, 4) is 0 Å². The molecule has 8 heavy (non-hydrogen) atoms. The normalized spacial score (nSPS) is 10.9. The highest BCUT2D eigenvalue weighted by Crippen LogP contribution is 1.93. The Kier molecular flexibility index (Phi) is 4.23. The molecule has 0 aliphatic carbocycles. The molecule has 0 aromatic heterocycles. The summed E-state index contributed by atoms with van der Waals surface area (Å²) in [6, 6.07) is 0. The summed E-state index contributed by atoms with van der Waals surface area (Å²) in [7, 11) is 0. The van der Waals surface area contributed by atoms with Gasteiger partial charge in [-0.2, -0.15) is 0 Å². The van der Waals surface area contributed by atoms with E-state index in [4.69, 9.17) is 0 Å². The standard InChI is InChI=1S/C7H11O/c1-7(2)5-3-4-6-8/h3,5,7H,4H2,1-2H3. The van der Waals surface area contributed by atoms with Crippen LogP contribution in [-0.2, 0) is 4.79 Å². The van der Waals surface area contributed by atoms with E-state index in [0.29, 0.717) is 12.3 Å². The van der Waals surface area contributed by atoms with Gasteiger partial charge >= 0.3 is 0 Å². The Morgan fingerprint density at radius 3 is 2.62 bits per heavy atom. The van der Waals surface area contributed by atoms with Crippen molar-refractivity contribution in [2.45, 2.75) is 20.3 Å². The molecular weight excluding hydrogens is 100 g/mol. The van der Waals surface area contributed by atoms with Crippen LogP contribution in [0.5, 0.6) is 0 Å². The van der Waals surface area contributed by atoms with Crippen molar-refractivity contribution in [2.24, 2.45) is 5.92 Å². The first-order valence-electron chi connectivity index (χ1n) is 2.79. The minimum Gasteiger partial charge on any atom is -0.291 e. The predicted octanol–water partition coefficient (Wildman–Crippen LogP) is 1.70. The Morgan fingerprint density at radius 2 is 2.25 bits per heavy atom. The lowest BCUT2D eigenvalue weighted by Crippen LogP contribution is -1.76. The summed E-state index contributed by atoms with van der Waals surface area (Å²) in [5.41, 5.74) is 0. The number of carbonyl (C=O) groups excluding carboxylic acids is 1. The van der Waals surface area contributed by atoms with Gasteiger partial charge in [0.25, 0.3) is 0 Å². The molecule has 0 aromatic rings. The van der Waals surface area contributed by atoms with Gasteiger partial charge in [-0.15, -0.1) is 0 Å². The summed E-state index contributed by atoms with van der Waals surface area (Å²) in [6.45, 7) is 4.14. The topological polar surface area (TPSA) is 17.1 Å². The van der Waals surface area contributed by atoms with Gasteiger partial charge in [-0.3, -0.25) is 4.79 Å². The van der Waals surface area contributed by atoms with Gasteiger partial charge in [-0.1, -0.05) is 26.0 Å². The number of rotatable bonds is 3. The minimum atomic E-state index is 0.429. The lowest BCUT2D eigenvalue weighted by atomic mass is 10.2. The lowest BCUT2D eigenvalue weighted by Gasteiger charge is -1.88. The third-order valence-electron chi connectivity index (χ3n) is 0.722. The summed E-state index contributed by atoms with van der Waals surface area (Å²) >= 11 is 0. The quantitative estimate of drug-likeness (QED) is 0.506. The zero-order valence-corrected chi connectivity index (χ0v) is 5.35. The van der Waals surface area contributed by atoms with E-state index < -0.39 is 0 Å². The number of allylic oxidation sites excluding steroid dienone is 2. The van der Waals surface area contributed by atoms with Crippen molar-refractivity contribution in [3.05, 3.63) is 12.2 Å². The Morgan fingerprint density at radius 1 is 1.62 bits per heavy atom. The number of hydrogen-bond acceptors (Lipinski definition) is 1. The molecule has 1 nitrogen and oxygen atoms in total. The van der Waals surface area contributed by atoms with Crippen LogP contribution in [0, 0.1) is 5.92 Å². The zero-order valence-electron chi connectivity index (χ0n) is 5.35. The van der Waals surface area contributed by atoms with E-state index in [1.807, 2.05) is 12.2 Å². The predicted molar refractivity (Wildman–Crippen MR) is 34.3 cm³/mol. The molecule has 0 saturated heterocycles. The maximum atomic E-state index is 9.61. The van der Waals surface area contributed by atoms with Gasteiger partial charge < -0.3 is 0 Å². The van der Waals surface area contributed by atoms with Gasteiger partial charge in [-0.25, -0.2) is 0 Å². The monoisotopic (exact) mass is 111 g/mol. The highest BCUT2D eigenvalue weighted by molar-refractivity contribution is 5.52. The molecule has 1 radical (unpaired) electrons. The average Bonchev–Trinajstić information content (AvgIpc) is 1.66. The summed E-state index contributed by atoms with van der Waals surface area (Å²) in [6.07, 6.45) is 6.04. The van der Waals surface area contributed by atoms with E-state index in [1.54, 1.807) is 6.29 Å². The fourth-order valence-corrected chi connectivity index (χ4v) is 0.388. The van der Waals surface area contributed by atoms with E-state index in [9.17, 15) is 4.79 Å². The molecule has 0 aliphatic heterocycles. The number of hydrogen-bond donors (Lipinski definition) is 0. The molecule has 0 spiro atoms. The molecule has 45 valence electrons. The molecule has 0 amide bonds. The molecule has 0 rings (SSSR count). The van der Waals surface area contributed by atoms with Crippen molar-refractivity contribution in [1.29, 1.82) is 0 Å². The smallest absolute Gasteiger partial charge is 0.202 e. The summed E-state index contributed by atoms with van der Waals surface area (Å²) < 4.78 is 0. The molecule has 0 fully saturated rings. The van der Waals surface area contributed by atoms with Crippen LogP contribution < -0.4 is 0 Å². The van der Waals surface area contributed by atoms with Crippen LogP contribution in [-0.4, -0.2) is 6.29 Å². The SMILES string of the molecule is CC(C)C=CC[C]=O. The van der Waals surface area contributed by atoms with Crippen LogP contribution in [0.25, 0.3) is 0 Å². The van der Waals surface area contributed by atoms with Gasteiger partial charge in [0.1, 0.15) is 0 Å². The Balaban J connectivity index is 3.19. The van der Waals surface area contributed by atoms with Crippen LogP contribution in [0.1, 0.15) is 20.3 Å². The van der Waals surface area contributed by atoms with Gasteiger partial charge in [0.2, 0.25) is 6.29 Å². The maximum absolute atomic E-state index is 9.61. The van der Waals surface area contributed by atoms with Gasteiger partial charge in [0, 0.05) is 6.42 Å². The largest absolute Gasteiger partial charge is 0.291 e. The van der Waals surface area contributed by atoms with E-state index >= 15 is 0 Å². The maximum Gasteiger partial charge on any atom is 0.202 e. The molecule has 0 aromatic carbocycles. The van der Waals surface area contributed by atoms with E-state index in [0.717, 1.165) is 0 Å². The van der Waals surface area contributed by atoms with Crippen molar-refractivity contribution < 1.29 is 4.79 Å². The Labute approximate surface area is 50.4 Å². The first-order valence-corrected chi connectivity index (χ1v) is 2.79. The molecule has 0 atom stereocenters. The van der Waals surface area contributed by atoms with Crippen LogP contribution >= 0.6 is 0 Å². The summed E-state index contributed by atoms with van der Waals surface area (Å²) in [5.74, 6) is 0.545. The highest BCUT2D eigenvalue weighted by atomic mass is 16.1. The fourth-order valence-electron chi connectivity index (χ4n) is 0.388. The van der Waals surface area contributed by atoms with Crippen molar-refractivity contribution in [1.82, 2.24) is 0 Å². The van der Waals surface area contributed by atoms with E-state index in [2.05, 4.69) is 13.8 Å². The molecular formula is C7H11O. The first-order chi connectivity index (χ1) is 3.77. The molecule has 0 saturated carbocycles. The van der Waals surface area contributed by atoms with Gasteiger partial charge in [0.05, 0.1) is 0 Å². The lowest BCUT2D eigenvalue weighted by molar-refractivity contribution is 0.556. The second kappa shape index (κ2) is 4.57. The molecule has 0 aliphatic rings. The van der Waals surface area contributed by atoms with Crippen LogP contribution in [0.4, 0.5) is 0 Å². The molecule has 0 heterocycles. The van der Waals surface area contributed by atoms with Crippen molar-refractivity contribution in [2.75, 3.05) is 0 Å². The first kappa shape index (κ1) is 7.41. The Hall–Kier alpha value is -0.590. The Bertz CT molecular complexity index is 82.4. The zero-order chi connectivity index (χ0) is 6.41. The second-order valence-electron chi connectivity index (χ2n) is 2.02. The highest BCUT2D eigenvalue weighted by Gasteiger charge is 1.80. The van der Waals surface area contributed by atoms with Crippen molar-refractivity contribution in [3.63, 3.8) is 0 Å². The van der Waals surface area contributed by atoms with Gasteiger partial charge in [-0.05, 0) is 5.92 Å². The van der Waals surface area contributed by atoms with E-state index in [-0.39, 0.29) is 0 Å². The second-order valence-corrected chi connectivity index (χ2v) is 2.02. The minimum absolute atomic E-state index is 0.429. The summed E-state index contributed by atoms with van der Waals surface area (Å²) in [4.78, 5) is 9.61. The molecule has 1 heteroatoms. The molecule has 0 unspecified atom stereocenters.